The fraction of sp³-hybridized carbons (Fsp3) is 0.467. The minimum Gasteiger partial charge on any atom is -0.385 e. The van der Waals surface area contributed by atoms with Gasteiger partial charge in [0.1, 0.15) is 0 Å². The van der Waals surface area contributed by atoms with Crippen molar-refractivity contribution in [1.82, 2.24) is 10.2 Å². The summed E-state index contributed by atoms with van der Waals surface area (Å²) in [6.07, 6.45) is 0.723. The largest absolute Gasteiger partial charge is 0.385 e. The number of ether oxygens (including phenoxy) is 1. The number of anilines is 1. The summed E-state index contributed by atoms with van der Waals surface area (Å²) < 4.78 is 4.96. The highest BCUT2D eigenvalue weighted by atomic mass is 35.5. The van der Waals surface area contributed by atoms with Gasteiger partial charge in [0.25, 0.3) is 5.91 Å². The molecule has 3 amide bonds. The van der Waals surface area contributed by atoms with Crippen LogP contribution in [0.3, 0.4) is 0 Å². The molecule has 0 aliphatic heterocycles. The summed E-state index contributed by atoms with van der Waals surface area (Å²) in [4.78, 5) is 25.2. The van der Waals surface area contributed by atoms with Gasteiger partial charge in [-0.2, -0.15) is 0 Å². The maximum absolute atomic E-state index is 11.9. The summed E-state index contributed by atoms with van der Waals surface area (Å²) in [5.41, 5.74) is 0.919. The Morgan fingerprint density at radius 1 is 1.36 bits per heavy atom. The van der Waals surface area contributed by atoms with Crippen LogP contribution < -0.4 is 10.6 Å². The predicted molar refractivity (Wildman–Crippen MR) is 87.6 cm³/mol. The van der Waals surface area contributed by atoms with Gasteiger partial charge in [0, 0.05) is 39.5 Å². The van der Waals surface area contributed by atoms with Crippen LogP contribution in [0.1, 0.15) is 23.7 Å². The Hall–Kier alpha value is -1.79. The summed E-state index contributed by atoms with van der Waals surface area (Å²) in [7, 11) is 4.92. The maximum atomic E-state index is 11.9. The minimum atomic E-state index is -0.327. The number of amides is 3. The highest BCUT2D eigenvalue weighted by molar-refractivity contribution is 6.34. The van der Waals surface area contributed by atoms with E-state index < -0.39 is 0 Å². The molecule has 0 aromatic heterocycles. The molecule has 0 aliphatic rings. The first-order valence-electron chi connectivity index (χ1n) is 6.92. The van der Waals surface area contributed by atoms with Gasteiger partial charge in [-0.25, -0.2) is 4.79 Å². The smallest absolute Gasteiger partial charge is 0.319 e. The van der Waals surface area contributed by atoms with Crippen molar-refractivity contribution in [3.63, 3.8) is 0 Å². The molecule has 0 aliphatic carbocycles. The van der Waals surface area contributed by atoms with Gasteiger partial charge in [0.15, 0.2) is 0 Å². The van der Waals surface area contributed by atoms with Crippen molar-refractivity contribution in [2.75, 3.05) is 33.1 Å². The van der Waals surface area contributed by atoms with E-state index in [1.807, 2.05) is 6.92 Å². The Labute approximate surface area is 135 Å². The SMILES string of the molecule is COCCC(C)NC(=O)Nc1ccc(C(=O)N(C)C)c(Cl)c1. The van der Waals surface area contributed by atoms with Crippen LogP contribution in [0.5, 0.6) is 0 Å². The molecule has 2 N–H and O–H groups in total. The Kier molecular flexibility index (Phi) is 7.14. The zero-order valence-corrected chi connectivity index (χ0v) is 14.0. The normalized spacial score (nSPS) is 11.7. The number of nitrogens with zero attached hydrogens (tertiary/aromatic N) is 1. The summed E-state index contributed by atoms with van der Waals surface area (Å²) in [5, 5.41) is 5.77. The van der Waals surface area contributed by atoms with E-state index in [9.17, 15) is 9.59 Å². The van der Waals surface area contributed by atoms with Crippen LogP contribution >= 0.6 is 11.6 Å². The van der Waals surface area contributed by atoms with Gasteiger partial charge in [-0.15, -0.1) is 0 Å². The number of carbonyl (C=O) groups excluding carboxylic acids is 2. The second-order valence-corrected chi connectivity index (χ2v) is 5.58. The van der Waals surface area contributed by atoms with Crippen molar-refractivity contribution in [2.24, 2.45) is 0 Å². The van der Waals surface area contributed by atoms with Gasteiger partial charge in [0.2, 0.25) is 0 Å². The number of urea groups is 1. The van der Waals surface area contributed by atoms with Crippen molar-refractivity contribution in [2.45, 2.75) is 19.4 Å². The lowest BCUT2D eigenvalue weighted by molar-refractivity contribution is 0.0828. The van der Waals surface area contributed by atoms with Gasteiger partial charge in [-0.1, -0.05) is 11.6 Å². The number of methoxy groups -OCH3 is 1. The van der Waals surface area contributed by atoms with E-state index in [1.165, 1.54) is 4.90 Å². The molecule has 1 unspecified atom stereocenters. The zero-order valence-electron chi connectivity index (χ0n) is 13.3. The Morgan fingerprint density at radius 3 is 2.59 bits per heavy atom. The zero-order chi connectivity index (χ0) is 16.7. The number of nitrogens with one attached hydrogen (secondary N) is 2. The summed E-state index contributed by atoms with van der Waals surface area (Å²) >= 11 is 6.09. The van der Waals surface area contributed by atoms with Gasteiger partial charge < -0.3 is 20.3 Å². The molecule has 7 heteroatoms. The fourth-order valence-electron chi connectivity index (χ4n) is 1.76. The molecule has 1 atom stereocenters. The van der Waals surface area contributed by atoms with E-state index in [4.69, 9.17) is 16.3 Å². The van der Waals surface area contributed by atoms with E-state index in [1.54, 1.807) is 39.4 Å². The van der Waals surface area contributed by atoms with E-state index in [0.717, 1.165) is 6.42 Å². The molecule has 0 spiro atoms. The second kappa shape index (κ2) is 8.60. The van der Waals surface area contributed by atoms with Crippen molar-refractivity contribution >= 4 is 29.2 Å². The number of hydrogen-bond acceptors (Lipinski definition) is 3. The first-order valence-corrected chi connectivity index (χ1v) is 7.30. The summed E-state index contributed by atoms with van der Waals surface area (Å²) in [6, 6.07) is 4.45. The molecule has 122 valence electrons. The first-order chi connectivity index (χ1) is 10.3. The van der Waals surface area contributed by atoms with Crippen LogP contribution in [0.2, 0.25) is 5.02 Å². The van der Waals surface area contributed by atoms with Crippen LogP contribution in [-0.2, 0) is 4.74 Å². The number of halogens is 1. The molecule has 1 aromatic carbocycles. The number of rotatable bonds is 6. The predicted octanol–water partition coefficient (Wildman–Crippen LogP) is 2.59. The molecule has 0 radical (unpaired) electrons. The van der Waals surface area contributed by atoms with Crippen LogP contribution in [0.4, 0.5) is 10.5 Å². The van der Waals surface area contributed by atoms with Gasteiger partial charge in [0.05, 0.1) is 10.6 Å². The molecule has 0 saturated carbocycles. The highest BCUT2D eigenvalue weighted by Gasteiger charge is 2.14. The van der Waals surface area contributed by atoms with E-state index in [-0.39, 0.29) is 18.0 Å². The van der Waals surface area contributed by atoms with Gasteiger partial charge >= 0.3 is 6.03 Å². The monoisotopic (exact) mass is 327 g/mol. The third-order valence-electron chi connectivity index (χ3n) is 3.00. The average Bonchev–Trinajstić information content (AvgIpc) is 2.44. The molecule has 1 aromatic rings. The summed E-state index contributed by atoms with van der Waals surface area (Å²) in [5.74, 6) is -0.186. The molecular formula is C15H22ClN3O3. The first kappa shape index (κ1) is 18.3. The van der Waals surface area contributed by atoms with Crippen LogP contribution in [0, 0.1) is 0 Å². The standard InChI is InChI=1S/C15H22ClN3O3/c1-10(7-8-22-4)17-15(21)18-11-5-6-12(13(16)9-11)14(20)19(2)3/h5-6,9-10H,7-8H2,1-4H3,(H2,17,18,21). The average molecular weight is 328 g/mol. The molecule has 6 nitrogen and oxygen atoms in total. The molecule has 0 saturated heterocycles. The number of carbonyl (C=O) groups is 2. The Morgan fingerprint density at radius 2 is 2.05 bits per heavy atom. The Bertz CT molecular complexity index is 535. The van der Waals surface area contributed by atoms with Gasteiger partial charge in [-0.05, 0) is 31.5 Å². The molecule has 0 bridgehead atoms. The molecule has 1 rings (SSSR count). The lowest BCUT2D eigenvalue weighted by atomic mass is 10.2. The molecule has 0 fully saturated rings. The number of hydrogen-bond donors (Lipinski definition) is 2. The third-order valence-corrected chi connectivity index (χ3v) is 3.31. The summed E-state index contributed by atoms with van der Waals surface area (Å²) in [6.45, 7) is 2.47. The van der Waals surface area contributed by atoms with Crippen LogP contribution in [0.25, 0.3) is 0 Å². The lowest BCUT2D eigenvalue weighted by Crippen LogP contribution is -2.36. The van der Waals surface area contributed by atoms with Crippen LogP contribution in [-0.4, -0.2) is 50.7 Å². The van der Waals surface area contributed by atoms with Crippen molar-refractivity contribution in [3.8, 4) is 0 Å². The minimum absolute atomic E-state index is 0.00925. The van der Waals surface area contributed by atoms with Crippen molar-refractivity contribution in [1.29, 1.82) is 0 Å². The van der Waals surface area contributed by atoms with Crippen molar-refractivity contribution in [3.05, 3.63) is 28.8 Å². The Balaban J connectivity index is 2.65. The quantitative estimate of drug-likeness (QED) is 0.843. The highest BCUT2D eigenvalue weighted by Crippen LogP contribution is 2.22. The fourth-order valence-corrected chi connectivity index (χ4v) is 2.03. The number of benzene rings is 1. The molecule has 22 heavy (non-hydrogen) atoms. The topological polar surface area (TPSA) is 70.7 Å². The van der Waals surface area contributed by atoms with Crippen molar-refractivity contribution < 1.29 is 14.3 Å². The third kappa shape index (κ3) is 5.54. The van der Waals surface area contributed by atoms with Gasteiger partial charge in [-0.3, -0.25) is 4.79 Å². The lowest BCUT2D eigenvalue weighted by Gasteiger charge is -2.15. The molecular weight excluding hydrogens is 306 g/mol. The van der Waals surface area contributed by atoms with Crippen LogP contribution in [0.15, 0.2) is 18.2 Å². The second-order valence-electron chi connectivity index (χ2n) is 5.18. The maximum Gasteiger partial charge on any atom is 0.319 e. The van der Waals surface area contributed by atoms with E-state index in [0.29, 0.717) is 22.9 Å². The molecule has 0 heterocycles. The van der Waals surface area contributed by atoms with E-state index in [2.05, 4.69) is 10.6 Å². The van der Waals surface area contributed by atoms with E-state index >= 15 is 0 Å².